The maximum Gasteiger partial charge on any atom is 0.417 e. The summed E-state index contributed by atoms with van der Waals surface area (Å²) in [7, 11) is 0. The molecule has 1 heterocycles. The lowest BCUT2D eigenvalue weighted by molar-refractivity contribution is -0.149. The predicted molar refractivity (Wildman–Crippen MR) is 139 cm³/mol. The Hall–Kier alpha value is -3.68. The summed E-state index contributed by atoms with van der Waals surface area (Å²) in [5.74, 6) is 0.0566. The fourth-order valence-electron chi connectivity index (χ4n) is 4.76. The lowest BCUT2D eigenvalue weighted by Crippen LogP contribution is -2.48. The van der Waals surface area contributed by atoms with Crippen LogP contribution in [0.5, 0.6) is 5.75 Å². The Kier molecular flexibility index (Phi) is 8.58. The smallest absolute Gasteiger partial charge is 0.417 e. The molecule has 1 aliphatic rings. The van der Waals surface area contributed by atoms with Crippen molar-refractivity contribution in [2.24, 2.45) is 0 Å². The van der Waals surface area contributed by atoms with Crippen LogP contribution in [-0.2, 0) is 27.3 Å². The Morgan fingerprint density at radius 3 is 2.22 bits per heavy atom. The second-order valence-electron chi connectivity index (χ2n) is 9.19. The molecule has 0 aliphatic carbocycles. The molecule has 0 bridgehead atoms. The number of aliphatic hydroxyl groups is 1. The third kappa shape index (κ3) is 6.18. The van der Waals surface area contributed by atoms with Crippen LogP contribution in [-0.4, -0.2) is 47.4 Å². The number of amides is 2. The maximum atomic E-state index is 13.6. The van der Waals surface area contributed by atoms with Crippen LogP contribution in [0, 0.1) is 13.8 Å². The molecule has 0 unspecified atom stereocenters. The number of hydrogen-bond donors (Lipinski definition) is 1. The highest BCUT2D eigenvalue weighted by atomic mass is 16.6. The Bertz CT molecular complexity index is 1190. The molecule has 0 saturated carbocycles. The van der Waals surface area contributed by atoms with Crippen LogP contribution in [0.3, 0.4) is 0 Å². The quantitative estimate of drug-likeness (QED) is 0.423. The van der Waals surface area contributed by atoms with Crippen LogP contribution in [0.15, 0.2) is 72.8 Å². The third-order valence-electron chi connectivity index (χ3n) is 6.50. The minimum Gasteiger partial charge on any atom is -0.489 e. The van der Waals surface area contributed by atoms with E-state index in [0.717, 1.165) is 27.2 Å². The Morgan fingerprint density at radius 1 is 1.03 bits per heavy atom. The summed E-state index contributed by atoms with van der Waals surface area (Å²) in [4.78, 5) is 27.3. The van der Waals surface area contributed by atoms with Crippen LogP contribution in [0.1, 0.15) is 40.8 Å². The third-order valence-corrected chi connectivity index (χ3v) is 6.50. The number of rotatable bonds is 10. The van der Waals surface area contributed by atoms with Crippen LogP contribution in [0.25, 0.3) is 0 Å². The lowest BCUT2D eigenvalue weighted by atomic mass is 9.93. The van der Waals surface area contributed by atoms with Gasteiger partial charge in [0, 0.05) is 6.61 Å². The summed E-state index contributed by atoms with van der Waals surface area (Å²) in [6.07, 6.45) is -2.80. The Balaban J connectivity index is 1.54. The summed E-state index contributed by atoms with van der Waals surface area (Å²) < 4.78 is 16.9. The van der Waals surface area contributed by atoms with Crippen LogP contribution >= 0.6 is 0 Å². The summed E-state index contributed by atoms with van der Waals surface area (Å²) >= 11 is 0. The van der Waals surface area contributed by atoms with E-state index in [4.69, 9.17) is 14.2 Å². The average molecular weight is 504 g/mol. The van der Waals surface area contributed by atoms with E-state index in [1.165, 1.54) is 0 Å². The zero-order valence-corrected chi connectivity index (χ0v) is 21.4. The van der Waals surface area contributed by atoms with Gasteiger partial charge in [-0.15, -0.1) is 0 Å². The standard InChI is InChI=1S/C30H33NO6/c1-4-35-28(29(33)31-24(19-37-30(31)34)17-22-11-7-5-8-12-22)27(32)26-20(2)15-25(16-21(26)3)36-18-23-13-9-6-10-14-23/h5-16,24,27-28,32H,4,17-19H2,1-3H3/t24-,27+,28-/m0/s1. The molecule has 1 fully saturated rings. The topological polar surface area (TPSA) is 85.3 Å². The van der Waals surface area contributed by atoms with Gasteiger partial charge in [0.15, 0.2) is 6.10 Å². The zero-order chi connectivity index (χ0) is 26.4. The van der Waals surface area contributed by atoms with Crippen molar-refractivity contribution in [2.75, 3.05) is 13.2 Å². The van der Waals surface area contributed by atoms with E-state index in [1.54, 1.807) is 6.92 Å². The number of ether oxygens (including phenoxy) is 3. The van der Waals surface area contributed by atoms with Crippen LogP contribution in [0.4, 0.5) is 4.79 Å². The van der Waals surface area contributed by atoms with Crippen LogP contribution in [0.2, 0.25) is 0 Å². The van der Waals surface area contributed by atoms with Crippen molar-refractivity contribution >= 4 is 12.0 Å². The highest BCUT2D eigenvalue weighted by Gasteiger charge is 2.44. The van der Waals surface area contributed by atoms with Gasteiger partial charge in [-0.1, -0.05) is 60.7 Å². The Labute approximate surface area is 217 Å². The van der Waals surface area contributed by atoms with E-state index in [2.05, 4.69) is 0 Å². The first kappa shape index (κ1) is 26.4. The molecule has 194 valence electrons. The van der Waals surface area contributed by atoms with Crippen molar-refractivity contribution < 1.29 is 28.9 Å². The minimum absolute atomic E-state index is 0.0971. The first-order valence-corrected chi connectivity index (χ1v) is 12.5. The molecule has 1 N–H and O–H groups in total. The van der Waals surface area contributed by atoms with Crippen molar-refractivity contribution in [3.8, 4) is 5.75 Å². The number of aliphatic hydroxyl groups excluding tert-OH is 1. The first-order chi connectivity index (χ1) is 17.9. The molecule has 4 rings (SSSR count). The number of cyclic esters (lactones) is 1. The van der Waals surface area contributed by atoms with E-state index < -0.39 is 30.3 Å². The first-order valence-electron chi connectivity index (χ1n) is 12.5. The second-order valence-corrected chi connectivity index (χ2v) is 9.19. The molecule has 0 spiro atoms. The zero-order valence-electron chi connectivity index (χ0n) is 21.4. The van der Waals surface area contributed by atoms with E-state index in [-0.39, 0.29) is 13.2 Å². The molecule has 0 aromatic heterocycles. The number of nitrogens with zero attached hydrogens (tertiary/aromatic N) is 1. The van der Waals surface area contributed by atoms with E-state index in [1.807, 2.05) is 86.6 Å². The number of imide groups is 1. The highest BCUT2D eigenvalue weighted by molar-refractivity contribution is 5.96. The van der Waals surface area contributed by atoms with Gasteiger partial charge in [-0.2, -0.15) is 0 Å². The number of hydrogen-bond acceptors (Lipinski definition) is 6. The van der Waals surface area contributed by atoms with Crippen molar-refractivity contribution in [3.63, 3.8) is 0 Å². The molecular formula is C30H33NO6. The Morgan fingerprint density at radius 2 is 1.62 bits per heavy atom. The summed E-state index contributed by atoms with van der Waals surface area (Å²) in [5, 5.41) is 11.4. The number of carbonyl (C=O) groups is 2. The fourth-order valence-corrected chi connectivity index (χ4v) is 4.76. The second kappa shape index (κ2) is 12.0. The van der Waals surface area contributed by atoms with Crippen molar-refractivity contribution in [1.29, 1.82) is 0 Å². The highest BCUT2D eigenvalue weighted by Crippen LogP contribution is 2.32. The molecule has 37 heavy (non-hydrogen) atoms. The summed E-state index contributed by atoms with van der Waals surface area (Å²) in [6, 6.07) is 22.7. The number of carbonyl (C=O) groups excluding carboxylic acids is 2. The lowest BCUT2D eigenvalue weighted by Gasteiger charge is -2.29. The van der Waals surface area contributed by atoms with Gasteiger partial charge >= 0.3 is 6.09 Å². The maximum absolute atomic E-state index is 13.6. The fraction of sp³-hybridized carbons (Fsp3) is 0.333. The van der Waals surface area contributed by atoms with Gasteiger partial charge in [0.1, 0.15) is 25.1 Å². The van der Waals surface area contributed by atoms with Crippen LogP contribution < -0.4 is 4.74 Å². The van der Waals surface area contributed by atoms with E-state index in [0.29, 0.717) is 24.3 Å². The van der Waals surface area contributed by atoms with Crippen molar-refractivity contribution in [2.45, 2.75) is 52.0 Å². The molecule has 1 aliphatic heterocycles. The molecule has 3 aromatic carbocycles. The number of benzene rings is 3. The number of aryl methyl sites for hydroxylation is 2. The molecule has 7 nitrogen and oxygen atoms in total. The van der Waals surface area contributed by atoms with E-state index in [9.17, 15) is 14.7 Å². The molecule has 3 aromatic rings. The molecule has 3 atom stereocenters. The van der Waals surface area contributed by atoms with Gasteiger partial charge in [-0.25, -0.2) is 9.69 Å². The molecule has 7 heteroatoms. The van der Waals surface area contributed by atoms with Gasteiger partial charge in [0.2, 0.25) is 0 Å². The predicted octanol–water partition coefficient (Wildman–Crippen LogP) is 4.91. The summed E-state index contributed by atoms with van der Waals surface area (Å²) in [5.41, 5.74) is 4.13. The van der Waals surface area contributed by atoms with E-state index >= 15 is 0 Å². The minimum atomic E-state index is -1.28. The van der Waals surface area contributed by atoms with Crippen molar-refractivity contribution in [1.82, 2.24) is 4.90 Å². The summed E-state index contributed by atoms with van der Waals surface area (Å²) in [6.45, 7) is 6.17. The largest absolute Gasteiger partial charge is 0.489 e. The normalized spacial score (nSPS) is 16.8. The molecular weight excluding hydrogens is 470 g/mol. The SMILES string of the molecule is CCO[C@H](C(=O)N1C(=O)OC[C@@H]1Cc1ccccc1)[C@H](O)c1c(C)cc(OCc2ccccc2)cc1C. The van der Waals surface area contributed by atoms with Gasteiger partial charge in [-0.3, -0.25) is 4.79 Å². The molecule has 1 saturated heterocycles. The van der Waals surface area contributed by atoms with Gasteiger partial charge in [0.05, 0.1) is 6.04 Å². The molecule has 2 amide bonds. The van der Waals surface area contributed by atoms with Gasteiger partial charge in [-0.05, 0) is 67.1 Å². The monoisotopic (exact) mass is 503 g/mol. The van der Waals surface area contributed by atoms with Crippen molar-refractivity contribution in [3.05, 3.63) is 101 Å². The van der Waals surface area contributed by atoms with Gasteiger partial charge < -0.3 is 19.3 Å². The average Bonchev–Trinajstić information content (AvgIpc) is 3.26. The molecule has 0 radical (unpaired) electrons. The van der Waals surface area contributed by atoms with Gasteiger partial charge in [0.25, 0.3) is 5.91 Å².